The van der Waals surface area contributed by atoms with Crippen LogP contribution in [-0.4, -0.2) is 46.4 Å². The average Bonchev–Trinajstić information content (AvgIpc) is 3.35. The van der Waals surface area contributed by atoms with Crippen molar-refractivity contribution in [1.29, 1.82) is 0 Å². The van der Waals surface area contributed by atoms with Crippen LogP contribution in [0.15, 0.2) is 67.3 Å². The second-order valence-corrected chi connectivity index (χ2v) is 7.94. The fourth-order valence-corrected chi connectivity index (χ4v) is 3.92. The molecule has 1 N–H and O–H groups in total. The number of hydrogen-bond donors (Lipinski definition) is 1. The number of imidazole rings is 1. The maximum Gasteiger partial charge on any atom is 0.318 e. The number of nitrogens with zero attached hydrogens (tertiary/aromatic N) is 3. The minimum atomic E-state index is -1.32. The number of para-hydroxylation sites is 1. The van der Waals surface area contributed by atoms with Crippen LogP contribution in [0, 0.1) is 0 Å². The number of halogens is 1. The Labute approximate surface area is 193 Å². The van der Waals surface area contributed by atoms with Crippen LogP contribution in [0.5, 0.6) is 11.5 Å². The number of aromatic nitrogens is 2. The number of fused-ring (bicyclic) bond motifs is 1. The van der Waals surface area contributed by atoms with Crippen molar-refractivity contribution in [3.8, 4) is 11.5 Å². The molecule has 0 fully saturated rings. The third-order valence-corrected chi connectivity index (χ3v) is 5.59. The smallest absolute Gasteiger partial charge is 0.318 e. The molecule has 2 amide bonds. The minimum Gasteiger partial charge on any atom is -0.494 e. The molecule has 1 aromatic heterocycles. The number of nitrogens with one attached hydrogen (secondary N) is 1. The molecule has 33 heavy (non-hydrogen) atoms. The highest BCUT2D eigenvalue weighted by atomic mass is 19.1. The van der Waals surface area contributed by atoms with E-state index in [0.29, 0.717) is 31.0 Å². The summed E-state index contributed by atoms with van der Waals surface area (Å²) in [5, 5.41) is 2.91. The van der Waals surface area contributed by atoms with E-state index in [1.54, 1.807) is 29.6 Å². The third kappa shape index (κ3) is 5.83. The highest BCUT2D eigenvalue weighted by Gasteiger charge is 2.33. The lowest BCUT2D eigenvalue weighted by Gasteiger charge is -2.32. The van der Waals surface area contributed by atoms with Gasteiger partial charge in [0.1, 0.15) is 18.1 Å². The van der Waals surface area contributed by atoms with E-state index < -0.39 is 12.2 Å². The zero-order valence-electron chi connectivity index (χ0n) is 18.7. The van der Waals surface area contributed by atoms with Crippen molar-refractivity contribution >= 4 is 6.03 Å². The van der Waals surface area contributed by atoms with Crippen LogP contribution in [0.25, 0.3) is 0 Å². The summed E-state index contributed by atoms with van der Waals surface area (Å²) in [6, 6.07) is 13.9. The number of amides is 2. The number of alkyl halides is 1. The summed E-state index contributed by atoms with van der Waals surface area (Å²) in [6.45, 7) is 4.11. The van der Waals surface area contributed by atoms with Crippen molar-refractivity contribution in [2.45, 2.75) is 38.6 Å². The molecule has 0 radical (unpaired) electrons. The van der Waals surface area contributed by atoms with Gasteiger partial charge in [-0.15, -0.1) is 0 Å². The summed E-state index contributed by atoms with van der Waals surface area (Å²) in [6.07, 6.45) is 4.80. The highest BCUT2D eigenvalue weighted by Crippen LogP contribution is 2.33. The number of ether oxygens (including phenoxy) is 2. The molecule has 7 nitrogen and oxygen atoms in total. The van der Waals surface area contributed by atoms with Gasteiger partial charge in [0.15, 0.2) is 6.17 Å². The number of carbonyl (C=O) groups excluding carboxylic acids is 1. The van der Waals surface area contributed by atoms with Crippen LogP contribution in [0.4, 0.5) is 9.18 Å². The Morgan fingerprint density at radius 2 is 2.09 bits per heavy atom. The minimum absolute atomic E-state index is 0.0819. The molecule has 0 spiro atoms. The van der Waals surface area contributed by atoms with Crippen LogP contribution >= 0.6 is 0 Å². The van der Waals surface area contributed by atoms with E-state index in [2.05, 4.69) is 10.3 Å². The number of aryl methyl sites for hydroxylation is 1. The number of rotatable bonds is 9. The first-order valence-electron chi connectivity index (χ1n) is 11.2. The van der Waals surface area contributed by atoms with Gasteiger partial charge in [0, 0.05) is 37.6 Å². The molecule has 1 aliphatic rings. The van der Waals surface area contributed by atoms with Gasteiger partial charge in [-0.2, -0.15) is 0 Å². The number of benzene rings is 2. The lowest BCUT2D eigenvalue weighted by Crippen LogP contribution is -2.46. The standard InChI is InChI=1S/C25H29FN4O3/c1-2-32-20-10-8-19(9-11-20)16-30(14-5-13-29-15-12-27-18-29)25(31)28-24-21-6-3-4-7-23(21)33-17-22(24)26/h3-4,6-12,15,18,22,24H,2,5,13-14,16-17H2,1H3,(H,28,31). The van der Waals surface area contributed by atoms with Crippen LogP contribution in [0.2, 0.25) is 0 Å². The summed E-state index contributed by atoms with van der Waals surface area (Å²) in [4.78, 5) is 19.1. The van der Waals surface area contributed by atoms with Crippen molar-refractivity contribution < 1.29 is 18.7 Å². The SMILES string of the molecule is CCOc1ccc(CN(CCCn2ccnc2)C(=O)NC2c3ccccc3OCC2F)cc1. The van der Waals surface area contributed by atoms with Gasteiger partial charge in [-0.3, -0.25) is 0 Å². The molecule has 0 saturated carbocycles. The highest BCUT2D eigenvalue weighted by molar-refractivity contribution is 5.75. The van der Waals surface area contributed by atoms with Gasteiger partial charge in [-0.05, 0) is 37.1 Å². The Morgan fingerprint density at radius 3 is 2.85 bits per heavy atom. The normalized spacial score (nSPS) is 17.0. The van der Waals surface area contributed by atoms with Gasteiger partial charge in [0.2, 0.25) is 0 Å². The quantitative estimate of drug-likeness (QED) is 0.524. The van der Waals surface area contributed by atoms with E-state index in [1.165, 1.54) is 0 Å². The Morgan fingerprint density at radius 1 is 1.27 bits per heavy atom. The van der Waals surface area contributed by atoms with E-state index >= 15 is 0 Å². The molecule has 3 aromatic rings. The zero-order chi connectivity index (χ0) is 23.0. The molecular formula is C25H29FN4O3. The molecular weight excluding hydrogens is 423 g/mol. The van der Waals surface area contributed by atoms with E-state index in [1.807, 2.05) is 54.1 Å². The van der Waals surface area contributed by atoms with Crippen LogP contribution < -0.4 is 14.8 Å². The number of carbonyl (C=O) groups is 1. The molecule has 0 aliphatic carbocycles. The third-order valence-electron chi connectivity index (χ3n) is 5.59. The molecule has 2 unspecified atom stereocenters. The van der Waals surface area contributed by atoms with Crippen molar-refractivity contribution in [1.82, 2.24) is 19.8 Å². The first kappa shape index (κ1) is 22.6. The van der Waals surface area contributed by atoms with Gasteiger partial charge in [-0.1, -0.05) is 30.3 Å². The van der Waals surface area contributed by atoms with Gasteiger partial charge in [0.25, 0.3) is 0 Å². The monoisotopic (exact) mass is 452 g/mol. The Balaban J connectivity index is 1.47. The maximum absolute atomic E-state index is 14.7. The van der Waals surface area contributed by atoms with E-state index in [4.69, 9.17) is 9.47 Å². The predicted octanol–water partition coefficient (Wildman–Crippen LogP) is 4.36. The summed E-state index contributed by atoms with van der Waals surface area (Å²) in [5.74, 6) is 1.39. The summed E-state index contributed by atoms with van der Waals surface area (Å²) < 4.78 is 27.7. The Kier molecular flexibility index (Phi) is 7.44. The van der Waals surface area contributed by atoms with Crippen molar-refractivity contribution in [2.75, 3.05) is 19.8 Å². The number of hydrogen-bond acceptors (Lipinski definition) is 4. The van der Waals surface area contributed by atoms with E-state index in [0.717, 1.165) is 24.3 Å². The zero-order valence-corrected chi connectivity index (χ0v) is 18.7. The molecule has 4 rings (SSSR count). The lowest BCUT2D eigenvalue weighted by atomic mass is 9.99. The molecule has 174 valence electrons. The second-order valence-electron chi connectivity index (χ2n) is 7.94. The fraction of sp³-hybridized carbons (Fsp3) is 0.360. The van der Waals surface area contributed by atoms with Crippen LogP contribution in [-0.2, 0) is 13.1 Å². The van der Waals surface area contributed by atoms with Gasteiger partial charge in [0.05, 0.1) is 19.0 Å². The van der Waals surface area contributed by atoms with Crippen molar-refractivity contribution in [2.24, 2.45) is 0 Å². The molecule has 8 heteroatoms. The first-order chi connectivity index (χ1) is 16.1. The first-order valence-corrected chi connectivity index (χ1v) is 11.2. The second kappa shape index (κ2) is 10.8. The number of urea groups is 1. The fourth-order valence-electron chi connectivity index (χ4n) is 3.92. The van der Waals surface area contributed by atoms with E-state index in [-0.39, 0.29) is 12.6 Å². The summed E-state index contributed by atoms with van der Waals surface area (Å²) in [5.41, 5.74) is 1.63. The van der Waals surface area contributed by atoms with E-state index in [9.17, 15) is 9.18 Å². The van der Waals surface area contributed by atoms with Gasteiger partial charge < -0.3 is 24.3 Å². The summed E-state index contributed by atoms with van der Waals surface area (Å²) in [7, 11) is 0. The van der Waals surface area contributed by atoms with Crippen molar-refractivity contribution in [3.63, 3.8) is 0 Å². The lowest BCUT2D eigenvalue weighted by molar-refractivity contribution is 0.124. The molecule has 1 aliphatic heterocycles. The molecule has 0 saturated heterocycles. The largest absolute Gasteiger partial charge is 0.494 e. The van der Waals surface area contributed by atoms with Crippen LogP contribution in [0.1, 0.15) is 30.5 Å². The van der Waals surface area contributed by atoms with Crippen molar-refractivity contribution in [3.05, 3.63) is 78.4 Å². The summed E-state index contributed by atoms with van der Waals surface area (Å²) >= 11 is 0. The Hall–Kier alpha value is -3.55. The predicted molar refractivity (Wildman–Crippen MR) is 123 cm³/mol. The average molecular weight is 453 g/mol. The molecule has 2 aromatic carbocycles. The van der Waals surface area contributed by atoms with Gasteiger partial charge in [-0.25, -0.2) is 14.2 Å². The Bertz CT molecular complexity index is 1030. The van der Waals surface area contributed by atoms with Gasteiger partial charge >= 0.3 is 6.03 Å². The maximum atomic E-state index is 14.7. The van der Waals surface area contributed by atoms with Crippen LogP contribution in [0.3, 0.4) is 0 Å². The molecule has 2 heterocycles. The molecule has 2 atom stereocenters. The topological polar surface area (TPSA) is 68.6 Å². The molecule has 0 bridgehead atoms.